The van der Waals surface area contributed by atoms with Gasteiger partial charge in [-0.05, 0) is 29.2 Å². The van der Waals surface area contributed by atoms with Gasteiger partial charge in [-0.1, -0.05) is 67.6 Å². The van der Waals surface area contributed by atoms with E-state index in [2.05, 4.69) is 24.3 Å². The maximum absolute atomic E-state index is 12.4. The highest BCUT2D eigenvalue weighted by atomic mass is 16.1. The highest BCUT2D eigenvalue weighted by Gasteiger charge is 2.38. The van der Waals surface area contributed by atoms with Gasteiger partial charge in [0.2, 0.25) is 0 Å². The standard InChI is InChI=1S/C19H18O/c1-13-17(15-9-5-3-6-10-15)18(14(2)19(13)20)16-11-7-4-8-12-16/h3-13,17H,1-2H3/t13-,17+/m1/s1. The molecule has 0 radical (unpaired) electrons. The van der Waals surface area contributed by atoms with Crippen molar-refractivity contribution in [3.8, 4) is 0 Å². The van der Waals surface area contributed by atoms with Gasteiger partial charge in [0.25, 0.3) is 0 Å². The summed E-state index contributed by atoms with van der Waals surface area (Å²) in [6.45, 7) is 4.00. The number of rotatable bonds is 2. The lowest BCUT2D eigenvalue weighted by molar-refractivity contribution is -0.118. The third-order valence-electron chi connectivity index (χ3n) is 4.24. The quantitative estimate of drug-likeness (QED) is 0.780. The average Bonchev–Trinajstić information content (AvgIpc) is 2.73. The van der Waals surface area contributed by atoms with Crippen molar-refractivity contribution in [2.75, 3.05) is 0 Å². The molecule has 1 aliphatic rings. The first-order valence-corrected chi connectivity index (χ1v) is 7.05. The highest BCUT2D eigenvalue weighted by Crippen LogP contribution is 2.46. The fourth-order valence-corrected chi connectivity index (χ4v) is 3.24. The van der Waals surface area contributed by atoms with Crippen molar-refractivity contribution in [1.82, 2.24) is 0 Å². The molecule has 2 aromatic rings. The number of ketones is 1. The molecule has 0 aliphatic heterocycles. The molecule has 0 saturated heterocycles. The van der Waals surface area contributed by atoms with Gasteiger partial charge in [-0.25, -0.2) is 0 Å². The van der Waals surface area contributed by atoms with Crippen LogP contribution in [0.2, 0.25) is 0 Å². The zero-order chi connectivity index (χ0) is 14.1. The van der Waals surface area contributed by atoms with Crippen LogP contribution in [0.1, 0.15) is 30.9 Å². The molecule has 3 rings (SSSR count). The first-order chi connectivity index (χ1) is 9.70. The van der Waals surface area contributed by atoms with Gasteiger partial charge in [-0.15, -0.1) is 0 Å². The maximum atomic E-state index is 12.4. The van der Waals surface area contributed by atoms with Crippen LogP contribution in [0.25, 0.3) is 5.57 Å². The molecule has 0 N–H and O–H groups in total. The summed E-state index contributed by atoms with van der Waals surface area (Å²) in [5, 5.41) is 0. The molecular formula is C19H18O. The number of allylic oxidation sites excluding steroid dienone is 2. The summed E-state index contributed by atoms with van der Waals surface area (Å²) >= 11 is 0. The topological polar surface area (TPSA) is 17.1 Å². The first kappa shape index (κ1) is 12.9. The molecule has 1 aliphatic carbocycles. The van der Waals surface area contributed by atoms with E-state index >= 15 is 0 Å². The van der Waals surface area contributed by atoms with Crippen molar-refractivity contribution >= 4 is 11.4 Å². The Kier molecular flexibility index (Phi) is 3.27. The van der Waals surface area contributed by atoms with Crippen molar-refractivity contribution in [3.05, 3.63) is 77.4 Å². The average molecular weight is 262 g/mol. The summed E-state index contributed by atoms with van der Waals surface area (Å²) in [4.78, 5) is 12.4. The molecule has 0 heterocycles. The molecule has 1 nitrogen and oxygen atoms in total. The predicted octanol–water partition coefficient (Wildman–Crippen LogP) is 4.46. The molecule has 0 spiro atoms. The van der Waals surface area contributed by atoms with Crippen molar-refractivity contribution < 1.29 is 4.79 Å². The van der Waals surface area contributed by atoms with Crippen molar-refractivity contribution in [2.45, 2.75) is 19.8 Å². The van der Waals surface area contributed by atoms with Crippen molar-refractivity contribution in [2.24, 2.45) is 5.92 Å². The van der Waals surface area contributed by atoms with E-state index in [0.717, 1.165) is 11.1 Å². The minimum atomic E-state index is 0.0209. The Balaban J connectivity index is 2.15. The van der Waals surface area contributed by atoms with Gasteiger partial charge < -0.3 is 0 Å². The van der Waals surface area contributed by atoms with Crippen LogP contribution in [0.3, 0.4) is 0 Å². The molecule has 2 aromatic carbocycles. The number of benzene rings is 2. The Labute approximate surface area is 120 Å². The second kappa shape index (κ2) is 5.09. The summed E-state index contributed by atoms with van der Waals surface area (Å²) in [6.07, 6.45) is 0. The summed E-state index contributed by atoms with van der Waals surface area (Å²) in [5.74, 6) is 0.469. The van der Waals surface area contributed by atoms with Crippen LogP contribution in [0.5, 0.6) is 0 Å². The smallest absolute Gasteiger partial charge is 0.162 e. The van der Waals surface area contributed by atoms with E-state index in [1.807, 2.05) is 50.2 Å². The number of hydrogen-bond acceptors (Lipinski definition) is 1. The molecule has 20 heavy (non-hydrogen) atoms. The SMILES string of the molecule is CC1=C(c2ccccc2)[C@H](c2ccccc2)[C@@H](C)C1=O. The molecule has 100 valence electrons. The predicted molar refractivity (Wildman–Crippen MR) is 82.4 cm³/mol. The van der Waals surface area contributed by atoms with Crippen molar-refractivity contribution in [1.29, 1.82) is 0 Å². The van der Waals surface area contributed by atoms with E-state index < -0.39 is 0 Å². The van der Waals surface area contributed by atoms with Gasteiger partial charge in [0.1, 0.15) is 0 Å². The van der Waals surface area contributed by atoms with Crippen LogP contribution in [0.4, 0.5) is 0 Å². The Bertz CT molecular complexity index is 653. The van der Waals surface area contributed by atoms with Crippen LogP contribution in [0.15, 0.2) is 66.2 Å². The van der Waals surface area contributed by atoms with Gasteiger partial charge in [0, 0.05) is 11.8 Å². The molecule has 2 atom stereocenters. The highest BCUT2D eigenvalue weighted by molar-refractivity contribution is 6.10. The molecule has 0 bridgehead atoms. The zero-order valence-corrected chi connectivity index (χ0v) is 11.8. The molecule has 0 fully saturated rings. The van der Waals surface area contributed by atoms with Crippen LogP contribution < -0.4 is 0 Å². The third-order valence-corrected chi connectivity index (χ3v) is 4.24. The molecule has 0 aromatic heterocycles. The fraction of sp³-hybridized carbons (Fsp3) is 0.211. The van der Waals surface area contributed by atoms with Crippen LogP contribution in [-0.4, -0.2) is 5.78 Å². The number of carbonyl (C=O) groups excluding carboxylic acids is 1. The van der Waals surface area contributed by atoms with Gasteiger partial charge >= 0.3 is 0 Å². The Morgan fingerprint density at radius 1 is 0.850 bits per heavy atom. The Hall–Kier alpha value is -2.15. The summed E-state index contributed by atoms with van der Waals surface area (Å²) in [5.41, 5.74) is 4.49. The normalized spacial score (nSPS) is 22.4. The van der Waals surface area contributed by atoms with E-state index in [1.165, 1.54) is 11.1 Å². The van der Waals surface area contributed by atoms with Crippen LogP contribution in [-0.2, 0) is 4.79 Å². The molecule has 0 saturated carbocycles. The third kappa shape index (κ3) is 2.00. The fourth-order valence-electron chi connectivity index (χ4n) is 3.24. The van der Waals surface area contributed by atoms with E-state index in [9.17, 15) is 4.79 Å². The molecule has 0 amide bonds. The molecule has 0 unspecified atom stereocenters. The number of Topliss-reactive ketones (excluding diaryl/α,β-unsaturated/α-hetero) is 1. The lowest BCUT2D eigenvalue weighted by Crippen LogP contribution is -2.12. The van der Waals surface area contributed by atoms with E-state index in [4.69, 9.17) is 0 Å². The van der Waals surface area contributed by atoms with Gasteiger partial charge in [-0.2, -0.15) is 0 Å². The Morgan fingerprint density at radius 3 is 2.00 bits per heavy atom. The minimum absolute atomic E-state index is 0.0209. The summed E-state index contributed by atoms with van der Waals surface area (Å²) in [6, 6.07) is 20.6. The Morgan fingerprint density at radius 2 is 1.40 bits per heavy atom. The van der Waals surface area contributed by atoms with Crippen molar-refractivity contribution in [3.63, 3.8) is 0 Å². The molecular weight excluding hydrogens is 244 g/mol. The maximum Gasteiger partial charge on any atom is 0.162 e. The first-order valence-electron chi connectivity index (χ1n) is 7.05. The van der Waals surface area contributed by atoms with E-state index in [1.54, 1.807) is 0 Å². The van der Waals surface area contributed by atoms with Crippen LogP contribution >= 0.6 is 0 Å². The summed E-state index contributed by atoms with van der Waals surface area (Å²) < 4.78 is 0. The van der Waals surface area contributed by atoms with E-state index in [-0.39, 0.29) is 17.6 Å². The second-order valence-electron chi connectivity index (χ2n) is 5.45. The zero-order valence-electron chi connectivity index (χ0n) is 11.8. The second-order valence-corrected chi connectivity index (χ2v) is 5.45. The number of hydrogen-bond donors (Lipinski definition) is 0. The monoisotopic (exact) mass is 262 g/mol. The largest absolute Gasteiger partial charge is 0.294 e. The van der Waals surface area contributed by atoms with Crippen LogP contribution in [0, 0.1) is 5.92 Å². The van der Waals surface area contributed by atoms with Gasteiger partial charge in [-0.3, -0.25) is 4.79 Å². The number of carbonyl (C=O) groups is 1. The van der Waals surface area contributed by atoms with Gasteiger partial charge in [0.15, 0.2) is 5.78 Å². The lowest BCUT2D eigenvalue weighted by atomic mass is 9.83. The lowest BCUT2D eigenvalue weighted by Gasteiger charge is -2.20. The van der Waals surface area contributed by atoms with Gasteiger partial charge in [0.05, 0.1) is 0 Å². The molecule has 1 heteroatoms. The van der Waals surface area contributed by atoms with E-state index in [0.29, 0.717) is 0 Å². The summed E-state index contributed by atoms with van der Waals surface area (Å²) in [7, 11) is 0. The minimum Gasteiger partial charge on any atom is -0.294 e.